The average molecular weight is 406 g/mol. The minimum absolute atomic E-state index is 0.525. The molecule has 1 aromatic carbocycles. The SMILES string of the molecule is Cc1cc(Br)c(NC(=S)NC2CCCCC2)c(Br)c1. The summed E-state index contributed by atoms with van der Waals surface area (Å²) in [6, 6.07) is 4.68. The van der Waals surface area contributed by atoms with Crippen LogP contribution in [0.15, 0.2) is 21.1 Å². The zero-order chi connectivity index (χ0) is 13.8. The third-order valence-corrected chi connectivity index (χ3v) is 4.84. The second kappa shape index (κ2) is 7.04. The maximum atomic E-state index is 5.41. The smallest absolute Gasteiger partial charge is 0.171 e. The normalized spacial score (nSPS) is 16.2. The number of aryl methyl sites for hydroxylation is 1. The topological polar surface area (TPSA) is 24.1 Å². The van der Waals surface area contributed by atoms with Gasteiger partial charge in [0, 0.05) is 15.0 Å². The first-order valence-electron chi connectivity index (χ1n) is 6.59. The summed E-state index contributed by atoms with van der Waals surface area (Å²) in [6.07, 6.45) is 6.40. The lowest BCUT2D eigenvalue weighted by molar-refractivity contribution is 0.415. The van der Waals surface area contributed by atoms with Crippen molar-refractivity contribution in [3.8, 4) is 0 Å². The number of anilines is 1. The molecule has 1 fully saturated rings. The average Bonchev–Trinajstić information content (AvgIpc) is 2.35. The van der Waals surface area contributed by atoms with E-state index in [2.05, 4.69) is 61.5 Å². The Labute approximate surface area is 137 Å². The van der Waals surface area contributed by atoms with Gasteiger partial charge in [-0.15, -0.1) is 0 Å². The fourth-order valence-corrected chi connectivity index (χ4v) is 4.28. The van der Waals surface area contributed by atoms with Gasteiger partial charge in [-0.25, -0.2) is 0 Å². The Hall–Kier alpha value is -0.130. The molecule has 1 aliphatic carbocycles. The van der Waals surface area contributed by atoms with Crippen molar-refractivity contribution in [2.45, 2.75) is 45.1 Å². The van der Waals surface area contributed by atoms with Gasteiger partial charge in [0.05, 0.1) is 5.69 Å². The van der Waals surface area contributed by atoms with Crippen molar-refractivity contribution in [2.24, 2.45) is 0 Å². The number of hydrogen-bond acceptors (Lipinski definition) is 1. The monoisotopic (exact) mass is 404 g/mol. The highest BCUT2D eigenvalue weighted by atomic mass is 79.9. The predicted octanol–water partition coefficient (Wildman–Crippen LogP) is 5.14. The van der Waals surface area contributed by atoms with Gasteiger partial charge < -0.3 is 10.6 Å². The van der Waals surface area contributed by atoms with Gasteiger partial charge in [-0.3, -0.25) is 0 Å². The molecule has 0 saturated heterocycles. The Morgan fingerprint density at radius 3 is 2.32 bits per heavy atom. The quantitative estimate of drug-likeness (QED) is 0.666. The van der Waals surface area contributed by atoms with Crippen LogP contribution in [-0.2, 0) is 0 Å². The van der Waals surface area contributed by atoms with Gasteiger partial charge in [-0.2, -0.15) is 0 Å². The summed E-state index contributed by atoms with van der Waals surface area (Å²) in [5, 5.41) is 7.40. The van der Waals surface area contributed by atoms with Crippen LogP contribution in [0.5, 0.6) is 0 Å². The van der Waals surface area contributed by atoms with E-state index in [1.54, 1.807) is 0 Å². The van der Waals surface area contributed by atoms with Crippen LogP contribution in [0.1, 0.15) is 37.7 Å². The van der Waals surface area contributed by atoms with E-state index in [1.807, 2.05) is 0 Å². The fourth-order valence-electron chi connectivity index (χ4n) is 2.40. The Bertz CT molecular complexity index is 448. The van der Waals surface area contributed by atoms with Gasteiger partial charge in [-0.05, 0) is 81.5 Å². The Balaban J connectivity index is 1.98. The zero-order valence-corrected chi connectivity index (χ0v) is 14.9. The van der Waals surface area contributed by atoms with E-state index in [0.717, 1.165) is 14.6 Å². The van der Waals surface area contributed by atoms with Crippen LogP contribution in [0, 0.1) is 6.92 Å². The van der Waals surface area contributed by atoms with Crippen LogP contribution in [-0.4, -0.2) is 11.2 Å². The first kappa shape index (κ1) is 15.3. The zero-order valence-electron chi connectivity index (χ0n) is 10.9. The lowest BCUT2D eigenvalue weighted by Gasteiger charge is -2.24. The van der Waals surface area contributed by atoms with Crippen molar-refractivity contribution < 1.29 is 0 Å². The van der Waals surface area contributed by atoms with Gasteiger partial charge in [0.25, 0.3) is 0 Å². The molecule has 5 heteroatoms. The molecule has 104 valence electrons. The summed E-state index contributed by atoms with van der Waals surface area (Å²) in [6.45, 7) is 2.07. The predicted molar refractivity (Wildman–Crippen MR) is 92.8 cm³/mol. The van der Waals surface area contributed by atoms with Crippen LogP contribution in [0.2, 0.25) is 0 Å². The molecule has 1 saturated carbocycles. The molecule has 2 N–H and O–H groups in total. The van der Waals surface area contributed by atoms with Crippen molar-refractivity contribution in [2.75, 3.05) is 5.32 Å². The van der Waals surface area contributed by atoms with Crippen molar-refractivity contribution in [1.82, 2.24) is 5.32 Å². The van der Waals surface area contributed by atoms with E-state index < -0.39 is 0 Å². The molecule has 0 heterocycles. The van der Waals surface area contributed by atoms with Gasteiger partial charge in [0.2, 0.25) is 0 Å². The summed E-state index contributed by atoms with van der Waals surface area (Å²) >= 11 is 12.5. The van der Waals surface area contributed by atoms with Crippen molar-refractivity contribution in [3.63, 3.8) is 0 Å². The molecule has 19 heavy (non-hydrogen) atoms. The first-order valence-corrected chi connectivity index (χ1v) is 8.59. The Morgan fingerprint density at radius 2 is 1.74 bits per heavy atom. The van der Waals surface area contributed by atoms with Gasteiger partial charge in [0.15, 0.2) is 5.11 Å². The summed E-state index contributed by atoms with van der Waals surface area (Å²) in [5.41, 5.74) is 2.19. The summed E-state index contributed by atoms with van der Waals surface area (Å²) in [7, 11) is 0. The second-order valence-electron chi connectivity index (χ2n) is 5.04. The van der Waals surface area contributed by atoms with Crippen molar-refractivity contribution in [1.29, 1.82) is 0 Å². The third-order valence-electron chi connectivity index (χ3n) is 3.37. The van der Waals surface area contributed by atoms with Crippen LogP contribution in [0.25, 0.3) is 0 Å². The number of nitrogens with one attached hydrogen (secondary N) is 2. The molecule has 0 amide bonds. The lowest BCUT2D eigenvalue weighted by Crippen LogP contribution is -2.38. The van der Waals surface area contributed by atoms with Crippen LogP contribution in [0.4, 0.5) is 5.69 Å². The highest BCUT2D eigenvalue weighted by molar-refractivity contribution is 9.11. The largest absolute Gasteiger partial charge is 0.360 e. The number of benzene rings is 1. The highest BCUT2D eigenvalue weighted by Crippen LogP contribution is 2.32. The Kier molecular flexibility index (Phi) is 5.66. The molecule has 0 radical (unpaired) electrons. The third kappa shape index (κ3) is 4.43. The molecule has 0 bridgehead atoms. The maximum Gasteiger partial charge on any atom is 0.171 e. The van der Waals surface area contributed by atoms with E-state index in [-0.39, 0.29) is 0 Å². The molecule has 2 rings (SSSR count). The Morgan fingerprint density at radius 1 is 1.16 bits per heavy atom. The van der Waals surface area contributed by atoms with E-state index in [1.165, 1.54) is 37.7 Å². The van der Waals surface area contributed by atoms with Crippen LogP contribution >= 0.6 is 44.1 Å². The maximum absolute atomic E-state index is 5.41. The second-order valence-corrected chi connectivity index (χ2v) is 7.15. The van der Waals surface area contributed by atoms with Crippen LogP contribution in [0.3, 0.4) is 0 Å². The molecule has 0 spiro atoms. The van der Waals surface area contributed by atoms with E-state index >= 15 is 0 Å². The minimum atomic E-state index is 0.525. The molecule has 0 atom stereocenters. The van der Waals surface area contributed by atoms with E-state index in [4.69, 9.17) is 12.2 Å². The molecular weight excluding hydrogens is 388 g/mol. The standard InChI is InChI=1S/C14H18Br2N2S/c1-9-7-11(15)13(12(16)8-9)18-14(19)17-10-5-3-2-4-6-10/h7-8,10H,2-6H2,1H3,(H2,17,18,19). The number of halogens is 2. The molecule has 0 unspecified atom stereocenters. The number of hydrogen-bond donors (Lipinski definition) is 2. The molecule has 2 nitrogen and oxygen atoms in total. The van der Waals surface area contributed by atoms with E-state index in [0.29, 0.717) is 11.2 Å². The van der Waals surface area contributed by atoms with Crippen molar-refractivity contribution >= 4 is 54.9 Å². The molecular formula is C14H18Br2N2S. The number of thiocarbonyl (C=S) groups is 1. The van der Waals surface area contributed by atoms with Gasteiger partial charge in [0.1, 0.15) is 0 Å². The van der Waals surface area contributed by atoms with Crippen molar-refractivity contribution in [3.05, 3.63) is 26.6 Å². The summed E-state index contributed by atoms with van der Waals surface area (Å²) in [5.74, 6) is 0. The molecule has 1 aliphatic rings. The van der Waals surface area contributed by atoms with Gasteiger partial charge >= 0.3 is 0 Å². The molecule has 0 aliphatic heterocycles. The lowest BCUT2D eigenvalue weighted by atomic mass is 9.96. The summed E-state index contributed by atoms with van der Waals surface area (Å²) in [4.78, 5) is 0. The minimum Gasteiger partial charge on any atom is -0.360 e. The molecule has 1 aromatic rings. The fraction of sp³-hybridized carbons (Fsp3) is 0.500. The van der Waals surface area contributed by atoms with E-state index in [9.17, 15) is 0 Å². The van der Waals surface area contributed by atoms with Gasteiger partial charge in [-0.1, -0.05) is 19.3 Å². The highest BCUT2D eigenvalue weighted by Gasteiger charge is 2.15. The molecule has 0 aromatic heterocycles. The summed E-state index contributed by atoms with van der Waals surface area (Å²) < 4.78 is 2.04. The first-order chi connectivity index (χ1) is 9.06. The van der Waals surface area contributed by atoms with Crippen LogP contribution < -0.4 is 10.6 Å². The number of rotatable bonds is 2.